The Morgan fingerprint density at radius 1 is 1.32 bits per heavy atom. The molecule has 100 valence electrons. The average Bonchev–Trinajstić information content (AvgIpc) is 2.74. The number of para-hydroxylation sites is 1. The number of aromatic nitrogens is 1. The molecule has 19 heavy (non-hydrogen) atoms. The van der Waals surface area contributed by atoms with Crippen molar-refractivity contribution in [2.24, 2.45) is 13.0 Å². The highest BCUT2D eigenvalue weighted by molar-refractivity contribution is 6.09. The van der Waals surface area contributed by atoms with Gasteiger partial charge in [-0.1, -0.05) is 18.2 Å². The first-order valence-corrected chi connectivity index (χ1v) is 5.98. The van der Waals surface area contributed by atoms with Crippen molar-refractivity contribution in [1.82, 2.24) is 4.57 Å². The number of amides is 1. The minimum atomic E-state index is -1.11. The van der Waals surface area contributed by atoms with Gasteiger partial charge in [0.05, 0.1) is 5.69 Å². The molecule has 0 bridgehead atoms. The summed E-state index contributed by atoms with van der Waals surface area (Å²) >= 11 is 0. The fourth-order valence-corrected chi connectivity index (χ4v) is 2.10. The Labute approximate surface area is 111 Å². The standard InChI is InChI=1S/C14H16N2O3/c1-9(14(18)19)13(17)16(3)12-8-15(2)11-7-5-4-6-10(11)12/h4-9H,1-3H3,(H,18,19). The first-order valence-electron chi connectivity index (χ1n) is 5.98. The van der Waals surface area contributed by atoms with Gasteiger partial charge in [0.15, 0.2) is 0 Å². The number of rotatable bonds is 3. The van der Waals surface area contributed by atoms with Gasteiger partial charge in [0, 0.05) is 31.2 Å². The van der Waals surface area contributed by atoms with Crippen LogP contribution in [0.4, 0.5) is 5.69 Å². The van der Waals surface area contributed by atoms with Crippen molar-refractivity contribution in [2.75, 3.05) is 11.9 Å². The quantitative estimate of drug-likeness (QED) is 0.857. The van der Waals surface area contributed by atoms with Gasteiger partial charge >= 0.3 is 5.97 Å². The molecule has 0 aliphatic carbocycles. The molecule has 0 aliphatic rings. The second kappa shape index (κ2) is 4.76. The van der Waals surface area contributed by atoms with Crippen molar-refractivity contribution in [2.45, 2.75) is 6.92 Å². The van der Waals surface area contributed by atoms with Crippen LogP contribution >= 0.6 is 0 Å². The summed E-state index contributed by atoms with van der Waals surface area (Å²) in [6.45, 7) is 1.40. The van der Waals surface area contributed by atoms with Crippen LogP contribution < -0.4 is 4.90 Å². The lowest BCUT2D eigenvalue weighted by molar-refractivity contribution is -0.145. The molecule has 0 spiro atoms. The zero-order valence-corrected chi connectivity index (χ0v) is 11.1. The van der Waals surface area contributed by atoms with Crippen molar-refractivity contribution in [3.63, 3.8) is 0 Å². The Morgan fingerprint density at radius 3 is 2.58 bits per heavy atom. The van der Waals surface area contributed by atoms with E-state index >= 15 is 0 Å². The molecule has 5 heteroatoms. The summed E-state index contributed by atoms with van der Waals surface area (Å²) < 4.78 is 1.92. The summed E-state index contributed by atoms with van der Waals surface area (Å²) in [5.74, 6) is -2.59. The predicted molar refractivity (Wildman–Crippen MR) is 73.1 cm³/mol. The monoisotopic (exact) mass is 260 g/mol. The Morgan fingerprint density at radius 2 is 1.95 bits per heavy atom. The van der Waals surface area contributed by atoms with Crippen molar-refractivity contribution < 1.29 is 14.7 Å². The highest BCUT2D eigenvalue weighted by Crippen LogP contribution is 2.28. The number of carbonyl (C=O) groups is 2. The first-order chi connectivity index (χ1) is 8.93. The number of benzene rings is 1. The van der Waals surface area contributed by atoms with Crippen LogP contribution in [0.3, 0.4) is 0 Å². The SMILES string of the molecule is CC(C(=O)O)C(=O)N(C)c1cn(C)c2ccccc12. The lowest BCUT2D eigenvalue weighted by Crippen LogP contribution is -2.35. The van der Waals surface area contributed by atoms with Crippen LogP contribution in [0.2, 0.25) is 0 Å². The molecule has 0 fully saturated rings. The Balaban J connectivity index is 2.45. The van der Waals surface area contributed by atoms with Crippen molar-refractivity contribution in [3.8, 4) is 0 Å². The molecule has 0 saturated carbocycles. The van der Waals surface area contributed by atoms with Crippen LogP contribution in [0.15, 0.2) is 30.5 Å². The number of anilines is 1. The molecule has 2 rings (SSSR count). The third kappa shape index (κ3) is 2.19. The van der Waals surface area contributed by atoms with E-state index in [1.54, 1.807) is 7.05 Å². The third-order valence-corrected chi connectivity index (χ3v) is 3.31. The predicted octanol–water partition coefficient (Wildman–Crippen LogP) is 1.86. The topological polar surface area (TPSA) is 62.5 Å². The normalized spacial score (nSPS) is 12.4. The number of hydrogen-bond acceptors (Lipinski definition) is 2. The minimum absolute atomic E-state index is 0.427. The van der Waals surface area contributed by atoms with Gasteiger partial charge in [0.25, 0.3) is 0 Å². The van der Waals surface area contributed by atoms with E-state index in [1.165, 1.54) is 11.8 Å². The molecule has 5 nitrogen and oxygen atoms in total. The van der Waals surface area contributed by atoms with E-state index in [4.69, 9.17) is 5.11 Å². The van der Waals surface area contributed by atoms with Gasteiger partial charge in [-0.25, -0.2) is 0 Å². The summed E-state index contributed by atoms with van der Waals surface area (Å²) in [7, 11) is 3.49. The van der Waals surface area contributed by atoms with Gasteiger partial charge in [-0.15, -0.1) is 0 Å². The first kappa shape index (κ1) is 13.1. The second-order valence-electron chi connectivity index (χ2n) is 4.60. The van der Waals surface area contributed by atoms with Crippen LogP contribution in [-0.2, 0) is 16.6 Å². The molecule has 0 saturated heterocycles. The summed E-state index contributed by atoms with van der Waals surface area (Å²) in [4.78, 5) is 24.4. The van der Waals surface area contributed by atoms with E-state index in [-0.39, 0.29) is 0 Å². The molecule has 0 aliphatic heterocycles. The molecule has 1 atom stereocenters. The van der Waals surface area contributed by atoms with Gasteiger partial charge < -0.3 is 14.6 Å². The van der Waals surface area contributed by atoms with Crippen molar-refractivity contribution in [3.05, 3.63) is 30.5 Å². The minimum Gasteiger partial charge on any atom is -0.481 e. The maximum Gasteiger partial charge on any atom is 0.315 e. The molecule has 1 aromatic carbocycles. The Bertz CT molecular complexity index is 645. The van der Waals surface area contributed by atoms with E-state index in [2.05, 4.69) is 0 Å². The maximum atomic E-state index is 12.1. The van der Waals surface area contributed by atoms with Crippen LogP contribution in [0.5, 0.6) is 0 Å². The molecule has 1 amide bonds. The molecular formula is C14H16N2O3. The highest BCUT2D eigenvalue weighted by atomic mass is 16.4. The lowest BCUT2D eigenvalue weighted by atomic mass is 10.1. The van der Waals surface area contributed by atoms with Crippen LogP contribution in [0, 0.1) is 5.92 Å². The van der Waals surface area contributed by atoms with E-state index in [9.17, 15) is 9.59 Å². The molecule has 1 N–H and O–H groups in total. The van der Waals surface area contributed by atoms with Gasteiger partial charge in [-0.05, 0) is 13.0 Å². The number of hydrogen-bond donors (Lipinski definition) is 1. The molecule has 1 heterocycles. The summed E-state index contributed by atoms with van der Waals surface area (Å²) in [5.41, 5.74) is 1.72. The summed E-state index contributed by atoms with van der Waals surface area (Å²) in [6, 6.07) is 7.69. The van der Waals surface area contributed by atoms with Gasteiger partial charge in [0.1, 0.15) is 5.92 Å². The van der Waals surface area contributed by atoms with Crippen molar-refractivity contribution >= 4 is 28.5 Å². The van der Waals surface area contributed by atoms with E-state index in [1.807, 2.05) is 42.1 Å². The zero-order valence-electron chi connectivity index (χ0n) is 11.1. The Hall–Kier alpha value is -2.30. The third-order valence-electron chi connectivity index (χ3n) is 3.31. The number of carboxylic acid groups (broad SMARTS) is 1. The number of fused-ring (bicyclic) bond motifs is 1. The second-order valence-corrected chi connectivity index (χ2v) is 4.60. The summed E-state index contributed by atoms with van der Waals surface area (Å²) in [6.07, 6.45) is 1.83. The average molecular weight is 260 g/mol. The molecule has 1 unspecified atom stereocenters. The van der Waals surface area contributed by atoms with Crippen LogP contribution in [0.25, 0.3) is 10.9 Å². The van der Waals surface area contributed by atoms with Gasteiger partial charge in [-0.2, -0.15) is 0 Å². The van der Waals surface area contributed by atoms with Crippen molar-refractivity contribution in [1.29, 1.82) is 0 Å². The molecule has 2 aromatic rings. The number of nitrogens with zero attached hydrogens (tertiary/aromatic N) is 2. The Kier molecular flexibility index (Phi) is 3.29. The lowest BCUT2D eigenvalue weighted by Gasteiger charge is -2.18. The fraction of sp³-hybridized carbons (Fsp3) is 0.286. The molecule has 0 radical (unpaired) electrons. The van der Waals surface area contributed by atoms with Crippen LogP contribution in [0.1, 0.15) is 6.92 Å². The smallest absolute Gasteiger partial charge is 0.315 e. The fourth-order valence-electron chi connectivity index (χ4n) is 2.10. The number of aliphatic carboxylic acids is 1. The highest BCUT2D eigenvalue weighted by Gasteiger charge is 2.26. The maximum absolute atomic E-state index is 12.1. The van der Waals surface area contributed by atoms with E-state index in [0.29, 0.717) is 0 Å². The van der Waals surface area contributed by atoms with Gasteiger partial charge in [-0.3, -0.25) is 9.59 Å². The van der Waals surface area contributed by atoms with E-state index in [0.717, 1.165) is 16.6 Å². The molecule has 1 aromatic heterocycles. The molecular weight excluding hydrogens is 244 g/mol. The number of aryl methyl sites for hydroxylation is 1. The van der Waals surface area contributed by atoms with Crippen LogP contribution in [-0.4, -0.2) is 28.6 Å². The number of carboxylic acids is 1. The van der Waals surface area contributed by atoms with Gasteiger partial charge in [0.2, 0.25) is 5.91 Å². The summed E-state index contributed by atoms with van der Waals surface area (Å²) in [5, 5.41) is 9.84. The zero-order chi connectivity index (χ0) is 14.2. The largest absolute Gasteiger partial charge is 0.481 e. The number of carbonyl (C=O) groups excluding carboxylic acids is 1. The van der Waals surface area contributed by atoms with E-state index < -0.39 is 17.8 Å².